The molecule has 0 unspecified atom stereocenters. The van der Waals surface area contributed by atoms with Crippen molar-refractivity contribution < 1.29 is 4.74 Å². The Morgan fingerprint density at radius 3 is 2.37 bits per heavy atom. The van der Waals surface area contributed by atoms with Crippen molar-refractivity contribution in [2.45, 2.75) is 25.3 Å². The molecule has 1 aliphatic heterocycles. The van der Waals surface area contributed by atoms with Gasteiger partial charge in [0, 0.05) is 44.2 Å². The Labute approximate surface area is 177 Å². The highest BCUT2D eigenvalue weighted by atomic mass is 16.5. The van der Waals surface area contributed by atoms with Crippen LogP contribution in [0.4, 0.5) is 11.5 Å². The minimum absolute atomic E-state index is 0.571. The van der Waals surface area contributed by atoms with E-state index >= 15 is 0 Å². The Hall–Kier alpha value is -2.99. The van der Waals surface area contributed by atoms with Gasteiger partial charge in [0.2, 0.25) is 0 Å². The molecule has 0 atom stereocenters. The number of hydrogen-bond donors (Lipinski definition) is 1. The van der Waals surface area contributed by atoms with E-state index < -0.39 is 0 Å². The van der Waals surface area contributed by atoms with E-state index in [-0.39, 0.29) is 0 Å². The lowest BCUT2D eigenvalue weighted by atomic mass is 10.1. The number of piperazine rings is 1. The first kappa shape index (κ1) is 19.0. The third-order valence-corrected chi connectivity index (χ3v) is 6.20. The Morgan fingerprint density at radius 2 is 1.67 bits per heavy atom. The molecule has 6 heteroatoms. The van der Waals surface area contributed by atoms with Gasteiger partial charge < -0.3 is 15.4 Å². The van der Waals surface area contributed by atoms with E-state index in [0.717, 1.165) is 50.0 Å². The Kier molecular flexibility index (Phi) is 5.09. The zero-order valence-electron chi connectivity index (χ0n) is 17.5. The van der Waals surface area contributed by atoms with Gasteiger partial charge in [-0.2, -0.15) is 5.10 Å². The zero-order chi connectivity index (χ0) is 20.5. The van der Waals surface area contributed by atoms with Gasteiger partial charge in [0.1, 0.15) is 11.6 Å². The standard InChI is InChI=1S/C24H29N5O/c1-30-22-10-6-5-9-21(22)28-15-13-27(14-16-28)17-20-23(18-11-12-18)26-29(24(20)25)19-7-3-2-4-8-19/h2-10,18H,11-17,25H2,1H3. The van der Waals surface area contributed by atoms with Crippen LogP contribution in [0.2, 0.25) is 0 Å². The zero-order valence-corrected chi connectivity index (χ0v) is 17.5. The molecule has 0 radical (unpaired) electrons. The second-order valence-electron chi connectivity index (χ2n) is 8.21. The number of hydrogen-bond acceptors (Lipinski definition) is 5. The van der Waals surface area contributed by atoms with E-state index in [1.54, 1.807) is 7.11 Å². The molecule has 0 spiro atoms. The molecule has 1 aromatic heterocycles. The normalized spacial score (nSPS) is 17.3. The summed E-state index contributed by atoms with van der Waals surface area (Å²) >= 11 is 0. The lowest BCUT2D eigenvalue weighted by Gasteiger charge is -2.36. The van der Waals surface area contributed by atoms with Gasteiger partial charge >= 0.3 is 0 Å². The van der Waals surface area contributed by atoms with Crippen LogP contribution in [-0.4, -0.2) is 48.0 Å². The Balaban J connectivity index is 1.33. The fraction of sp³-hybridized carbons (Fsp3) is 0.375. The molecular weight excluding hydrogens is 374 g/mol. The maximum absolute atomic E-state index is 6.62. The van der Waals surface area contributed by atoms with Gasteiger partial charge in [0.15, 0.2) is 0 Å². The molecule has 30 heavy (non-hydrogen) atoms. The molecule has 1 saturated heterocycles. The van der Waals surface area contributed by atoms with Crippen molar-refractivity contribution in [3.05, 3.63) is 65.9 Å². The first-order valence-electron chi connectivity index (χ1n) is 10.8. The number of ether oxygens (including phenoxy) is 1. The number of anilines is 2. The smallest absolute Gasteiger partial charge is 0.142 e. The Bertz CT molecular complexity index is 1000. The molecular formula is C24H29N5O. The summed E-state index contributed by atoms with van der Waals surface area (Å²) in [7, 11) is 1.74. The van der Waals surface area contributed by atoms with Crippen molar-refractivity contribution in [1.29, 1.82) is 0 Å². The van der Waals surface area contributed by atoms with Crippen LogP contribution in [0.5, 0.6) is 5.75 Å². The lowest BCUT2D eigenvalue weighted by Crippen LogP contribution is -2.46. The van der Waals surface area contributed by atoms with E-state index in [0.29, 0.717) is 5.92 Å². The van der Waals surface area contributed by atoms with E-state index in [9.17, 15) is 0 Å². The highest BCUT2D eigenvalue weighted by Gasteiger charge is 2.32. The molecule has 2 heterocycles. The molecule has 0 amide bonds. The van der Waals surface area contributed by atoms with Crippen molar-refractivity contribution in [3.63, 3.8) is 0 Å². The quantitative estimate of drug-likeness (QED) is 0.681. The first-order valence-corrected chi connectivity index (χ1v) is 10.8. The second-order valence-corrected chi connectivity index (χ2v) is 8.21. The second kappa shape index (κ2) is 8.03. The van der Waals surface area contributed by atoms with E-state index in [4.69, 9.17) is 15.6 Å². The summed E-state index contributed by atoms with van der Waals surface area (Å²) in [4.78, 5) is 4.91. The summed E-state index contributed by atoms with van der Waals surface area (Å²) in [6, 6.07) is 18.5. The summed E-state index contributed by atoms with van der Waals surface area (Å²) in [5, 5.41) is 4.93. The average Bonchev–Trinajstić information content (AvgIpc) is 3.60. The third-order valence-electron chi connectivity index (χ3n) is 6.20. The summed E-state index contributed by atoms with van der Waals surface area (Å²) in [5.41, 5.74) is 11.2. The number of nitrogens with zero attached hydrogens (tertiary/aromatic N) is 4. The van der Waals surface area contributed by atoms with Gasteiger partial charge in [-0.25, -0.2) is 4.68 Å². The molecule has 1 aliphatic carbocycles. The largest absolute Gasteiger partial charge is 0.495 e. The number of rotatable bonds is 6. The third kappa shape index (κ3) is 3.63. The van der Waals surface area contributed by atoms with Crippen molar-refractivity contribution in [2.75, 3.05) is 43.9 Å². The minimum Gasteiger partial charge on any atom is -0.495 e. The predicted octanol–water partition coefficient (Wildman–Crippen LogP) is 3.66. The molecule has 2 N–H and O–H groups in total. The fourth-order valence-corrected chi connectivity index (χ4v) is 4.36. The molecule has 0 bridgehead atoms. The van der Waals surface area contributed by atoms with Crippen LogP contribution in [0.15, 0.2) is 54.6 Å². The lowest BCUT2D eigenvalue weighted by molar-refractivity contribution is 0.249. The predicted molar refractivity (Wildman–Crippen MR) is 120 cm³/mol. The van der Waals surface area contributed by atoms with Crippen LogP contribution < -0.4 is 15.4 Å². The number of nitrogen functional groups attached to an aromatic ring is 1. The average molecular weight is 404 g/mol. The number of nitrogens with two attached hydrogens (primary N) is 1. The highest BCUT2D eigenvalue weighted by Crippen LogP contribution is 2.43. The topological polar surface area (TPSA) is 59.5 Å². The van der Waals surface area contributed by atoms with Crippen LogP contribution >= 0.6 is 0 Å². The molecule has 2 aromatic carbocycles. The number of methoxy groups -OCH3 is 1. The van der Waals surface area contributed by atoms with Crippen molar-refractivity contribution in [1.82, 2.24) is 14.7 Å². The summed E-state index contributed by atoms with van der Waals surface area (Å²) in [5.74, 6) is 2.30. The summed E-state index contributed by atoms with van der Waals surface area (Å²) in [6.45, 7) is 4.82. The van der Waals surface area contributed by atoms with Gasteiger partial charge in [-0.3, -0.25) is 4.90 Å². The van der Waals surface area contributed by atoms with Crippen LogP contribution in [0.3, 0.4) is 0 Å². The fourth-order valence-electron chi connectivity index (χ4n) is 4.36. The van der Waals surface area contributed by atoms with Crippen LogP contribution in [0.25, 0.3) is 5.69 Å². The van der Waals surface area contributed by atoms with Gasteiger partial charge in [-0.1, -0.05) is 30.3 Å². The van der Waals surface area contributed by atoms with Crippen LogP contribution in [-0.2, 0) is 6.54 Å². The number of para-hydroxylation sites is 3. The maximum atomic E-state index is 6.62. The summed E-state index contributed by atoms with van der Waals surface area (Å²) in [6.07, 6.45) is 2.44. The number of benzene rings is 2. The minimum atomic E-state index is 0.571. The highest BCUT2D eigenvalue weighted by molar-refractivity contribution is 5.58. The van der Waals surface area contributed by atoms with Gasteiger partial charge in [-0.05, 0) is 37.1 Å². The monoisotopic (exact) mass is 403 g/mol. The van der Waals surface area contributed by atoms with Gasteiger partial charge in [-0.15, -0.1) is 0 Å². The molecule has 6 nitrogen and oxygen atoms in total. The molecule has 2 fully saturated rings. The van der Waals surface area contributed by atoms with Crippen molar-refractivity contribution in [3.8, 4) is 11.4 Å². The first-order chi connectivity index (χ1) is 14.7. The maximum Gasteiger partial charge on any atom is 0.142 e. The van der Waals surface area contributed by atoms with E-state index in [2.05, 4.69) is 34.1 Å². The Morgan fingerprint density at radius 1 is 0.967 bits per heavy atom. The van der Waals surface area contributed by atoms with Crippen LogP contribution in [0, 0.1) is 0 Å². The van der Waals surface area contributed by atoms with Gasteiger partial charge in [0.25, 0.3) is 0 Å². The molecule has 156 valence electrons. The molecule has 3 aromatic rings. The van der Waals surface area contributed by atoms with Crippen molar-refractivity contribution >= 4 is 11.5 Å². The number of aromatic nitrogens is 2. The SMILES string of the molecule is COc1ccccc1N1CCN(Cc2c(C3CC3)nn(-c3ccccc3)c2N)CC1. The summed E-state index contributed by atoms with van der Waals surface area (Å²) < 4.78 is 7.47. The van der Waals surface area contributed by atoms with E-state index in [1.165, 1.54) is 29.8 Å². The van der Waals surface area contributed by atoms with Crippen molar-refractivity contribution in [2.24, 2.45) is 0 Å². The molecule has 2 aliphatic rings. The molecule has 1 saturated carbocycles. The van der Waals surface area contributed by atoms with Gasteiger partial charge in [0.05, 0.1) is 24.2 Å². The molecule has 5 rings (SSSR count). The van der Waals surface area contributed by atoms with Crippen LogP contribution in [0.1, 0.15) is 30.0 Å². The van der Waals surface area contributed by atoms with E-state index in [1.807, 2.05) is 35.0 Å².